The second-order valence-electron chi connectivity index (χ2n) is 2.83. The first-order chi connectivity index (χ1) is 6.33. The van der Waals surface area contributed by atoms with E-state index in [0.29, 0.717) is 5.69 Å². The third-order valence-electron chi connectivity index (χ3n) is 1.27. The van der Waals surface area contributed by atoms with Crippen molar-refractivity contribution in [3.05, 3.63) is 10.2 Å². The Hall–Kier alpha value is -0.210. The van der Waals surface area contributed by atoms with E-state index >= 15 is 0 Å². The zero-order valence-corrected chi connectivity index (χ0v) is 10.3. The van der Waals surface area contributed by atoms with Crippen LogP contribution in [0.2, 0.25) is 4.47 Å². The van der Waals surface area contributed by atoms with Crippen LogP contribution >= 0.6 is 22.9 Å². The maximum atomic E-state index is 11.6. The highest BCUT2D eigenvalue weighted by Crippen LogP contribution is 2.26. The molecule has 1 N–H and O–H groups in total. The van der Waals surface area contributed by atoms with Crippen LogP contribution in [0, 0.1) is 6.92 Å². The molecule has 0 bridgehead atoms. The number of sulfonamides is 1. The number of rotatable bonds is 3. The van der Waals surface area contributed by atoms with E-state index in [1.807, 2.05) is 0 Å². The second kappa shape index (κ2) is 4.11. The van der Waals surface area contributed by atoms with Gasteiger partial charge in [-0.05, 0) is 6.92 Å². The summed E-state index contributed by atoms with van der Waals surface area (Å²) in [6.45, 7) is 1.60. The van der Waals surface area contributed by atoms with Gasteiger partial charge in [-0.3, -0.25) is 0 Å². The molecule has 0 amide bonds. The molecule has 1 heterocycles. The van der Waals surface area contributed by atoms with Crippen LogP contribution in [0.15, 0.2) is 4.21 Å². The lowest BCUT2D eigenvalue weighted by Crippen LogP contribution is -2.35. The van der Waals surface area contributed by atoms with Crippen LogP contribution in [-0.4, -0.2) is 32.5 Å². The fourth-order valence-electron chi connectivity index (χ4n) is 0.882. The molecule has 80 valence electrons. The number of halogens is 1. The summed E-state index contributed by atoms with van der Waals surface area (Å²) in [5, 5.41) is 1.35. The highest BCUT2D eigenvalue weighted by Gasteiger charge is 2.21. The van der Waals surface area contributed by atoms with Crippen molar-refractivity contribution in [2.75, 3.05) is 14.1 Å². The zero-order chi connectivity index (χ0) is 10.9. The molecule has 0 saturated heterocycles. The van der Waals surface area contributed by atoms with Crippen LogP contribution in [0.3, 0.4) is 0 Å². The summed E-state index contributed by atoms with van der Waals surface area (Å²) >= 11 is 6.55. The van der Waals surface area contributed by atoms with Crippen LogP contribution in [-0.2, 0) is 10.0 Å². The number of hydrazine groups is 1. The van der Waals surface area contributed by atoms with Gasteiger partial charge in [0.25, 0.3) is 10.0 Å². The van der Waals surface area contributed by atoms with E-state index in [9.17, 15) is 8.42 Å². The van der Waals surface area contributed by atoms with Gasteiger partial charge in [-0.15, -0.1) is 4.83 Å². The highest BCUT2D eigenvalue weighted by molar-refractivity contribution is 7.91. The first-order valence-electron chi connectivity index (χ1n) is 3.65. The van der Waals surface area contributed by atoms with Crippen molar-refractivity contribution in [3.63, 3.8) is 0 Å². The summed E-state index contributed by atoms with van der Waals surface area (Å²) in [7, 11) is -0.336. The minimum absolute atomic E-state index is 0.149. The lowest BCUT2D eigenvalue weighted by molar-refractivity contribution is 0.364. The van der Waals surface area contributed by atoms with Gasteiger partial charge in [0, 0.05) is 14.1 Å². The van der Waals surface area contributed by atoms with Gasteiger partial charge in [-0.2, -0.15) is 0 Å². The molecule has 0 fully saturated rings. The average molecular weight is 256 g/mol. The van der Waals surface area contributed by atoms with Crippen LogP contribution < -0.4 is 4.83 Å². The predicted molar refractivity (Wildman–Crippen MR) is 55.9 cm³/mol. The van der Waals surface area contributed by atoms with Crippen molar-refractivity contribution in [1.29, 1.82) is 0 Å². The largest absolute Gasteiger partial charge is 0.264 e. The zero-order valence-electron chi connectivity index (χ0n) is 7.91. The molecule has 0 saturated carbocycles. The summed E-state index contributed by atoms with van der Waals surface area (Å²) < 4.78 is 23.6. The topological polar surface area (TPSA) is 62.3 Å². The Morgan fingerprint density at radius 3 is 2.43 bits per heavy atom. The van der Waals surface area contributed by atoms with Gasteiger partial charge >= 0.3 is 0 Å². The minimum atomic E-state index is -3.52. The molecular weight excluding hydrogens is 246 g/mol. The number of nitrogens with zero attached hydrogens (tertiary/aromatic N) is 2. The van der Waals surface area contributed by atoms with Gasteiger partial charge < -0.3 is 0 Å². The number of hydrogen-bond acceptors (Lipinski definition) is 5. The number of hydrogen-bond donors (Lipinski definition) is 1. The van der Waals surface area contributed by atoms with Gasteiger partial charge in [0.1, 0.15) is 0 Å². The third-order valence-corrected chi connectivity index (χ3v) is 4.63. The Morgan fingerprint density at radius 2 is 2.07 bits per heavy atom. The van der Waals surface area contributed by atoms with E-state index in [-0.39, 0.29) is 8.68 Å². The van der Waals surface area contributed by atoms with Gasteiger partial charge in [-0.1, -0.05) is 22.9 Å². The predicted octanol–water partition coefficient (Wildman–Crippen LogP) is 0.860. The standard InChI is InChI=1S/C6H10ClN3O2S2/c1-4-5(13-6(7)8-4)14(11,12)9-10(2)3/h9H,1-3H3. The van der Waals surface area contributed by atoms with Gasteiger partial charge in [0.2, 0.25) is 0 Å². The fraction of sp³-hybridized carbons (Fsp3) is 0.500. The number of thiazole rings is 1. The van der Waals surface area contributed by atoms with Gasteiger partial charge in [-0.25, -0.2) is 18.4 Å². The molecule has 0 atom stereocenters. The van der Waals surface area contributed by atoms with E-state index in [4.69, 9.17) is 11.6 Å². The van der Waals surface area contributed by atoms with Crippen molar-refractivity contribution in [1.82, 2.24) is 14.8 Å². The molecule has 8 heteroatoms. The summed E-state index contributed by atoms with van der Waals surface area (Å²) in [4.78, 5) is 6.14. The Kier molecular flexibility index (Phi) is 3.49. The Labute approximate surface area is 91.7 Å². The Morgan fingerprint density at radius 1 is 1.50 bits per heavy atom. The summed E-state index contributed by atoms with van der Waals surface area (Å²) in [5.74, 6) is 0. The molecule has 0 aliphatic rings. The molecule has 0 unspecified atom stereocenters. The minimum Gasteiger partial charge on any atom is -0.237 e. The van der Waals surface area contributed by atoms with E-state index < -0.39 is 10.0 Å². The quantitative estimate of drug-likeness (QED) is 0.814. The van der Waals surface area contributed by atoms with Crippen LogP contribution in [0.25, 0.3) is 0 Å². The fourth-order valence-corrected chi connectivity index (χ4v) is 3.69. The van der Waals surface area contributed by atoms with Crippen LogP contribution in [0.4, 0.5) is 0 Å². The molecule has 0 aromatic carbocycles. The Balaban J connectivity index is 3.10. The molecule has 0 aliphatic heterocycles. The first kappa shape index (κ1) is 11.9. The molecule has 14 heavy (non-hydrogen) atoms. The normalized spacial score (nSPS) is 12.4. The highest BCUT2D eigenvalue weighted by atomic mass is 35.5. The van der Waals surface area contributed by atoms with Crippen molar-refractivity contribution >= 4 is 33.0 Å². The van der Waals surface area contributed by atoms with Crippen LogP contribution in [0.1, 0.15) is 5.69 Å². The van der Waals surface area contributed by atoms with Crippen molar-refractivity contribution in [2.45, 2.75) is 11.1 Å². The summed E-state index contributed by atoms with van der Waals surface area (Å²) in [5.41, 5.74) is 0.411. The molecule has 1 rings (SSSR count). The summed E-state index contributed by atoms with van der Waals surface area (Å²) in [6, 6.07) is 0. The maximum absolute atomic E-state index is 11.6. The average Bonchev–Trinajstić information content (AvgIpc) is 2.27. The molecular formula is C6H10ClN3O2S2. The first-order valence-corrected chi connectivity index (χ1v) is 6.33. The number of aromatic nitrogens is 1. The van der Waals surface area contributed by atoms with Gasteiger partial charge in [0.15, 0.2) is 8.68 Å². The molecule has 0 spiro atoms. The number of aryl methyl sites for hydroxylation is 1. The van der Waals surface area contributed by atoms with Crippen molar-refractivity contribution in [2.24, 2.45) is 0 Å². The molecule has 1 aromatic rings. The Bertz CT molecular complexity index is 426. The van der Waals surface area contributed by atoms with Gasteiger partial charge in [0.05, 0.1) is 5.69 Å². The molecule has 5 nitrogen and oxygen atoms in total. The lowest BCUT2D eigenvalue weighted by Gasteiger charge is -2.10. The van der Waals surface area contributed by atoms with E-state index in [0.717, 1.165) is 11.3 Å². The van der Waals surface area contributed by atoms with Crippen molar-refractivity contribution < 1.29 is 8.42 Å². The molecule has 0 aliphatic carbocycles. The third kappa shape index (κ3) is 2.64. The van der Waals surface area contributed by atoms with Crippen LogP contribution in [0.5, 0.6) is 0 Å². The van der Waals surface area contributed by atoms with E-state index in [1.54, 1.807) is 21.0 Å². The number of nitrogens with one attached hydrogen (secondary N) is 1. The maximum Gasteiger partial charge on any atom is 0.264 e. The SMILES string of the molecule is Cc1nc(Cl)sc1S(=O)(=O)NN(C)C. The lowest BCUT2D eigenvalue weighted by atomic mass is 10.6. The molecule has 0 radical (unpaired) electrons. The van der Waals surface area contributed by atoms with E-state index in [2.05, 4.69) is 9.82 Å². The molecule has 1 aromatic heterocycles. The second-order valence-corrected chi connectivity index (χ2v) is 6.27. The van der Waals surface area contributed by atoms with E-state index in [1.165, 1.54) is 5.01 Å². The summed E-state index contributed by atoms with van der Waals surface area (Å²) in [6.07, 6.45) is 0. The van der Waals surface area contributed by atoms with Crippen molar-refractivity contribution in [3.8, 4) is 0 Å². The monoisotopic (exact) mass is 255 g/mol. The smallest absolute Gasteiger partial charge is 0.237 e.